The summed E-state index contributed by atoms with van der Waals surface area (Å²) in [5, 5.41) is 3.41. The first-order valence-electron chi connectivity index (χ1n) is 5.30. The smallest absolute Gasteiger partial charge is 0.0578 e. The van der Waals surface area contributed by atoms with Gasteiger partial charge in [0.25, 0.3) is 0 Å². The molecule has 1 aromatic rings. The highest BCUT2D eigenvalue weighted by molar-refractivity contribution is 7.12. The largest absolute Gasteiger partial charge is 0.299 e. The average molecular weight is 221 g/mol. The zero-order chi connectivity index (χ0) is 11.4. The summed E-state index contributed by atoms with van der Waals surface area (Å²) < 4.78 is 0. The molecule has 0 aliphatic heterocycles. The lowest BCUT2D eigenvalue weighted by Crippen LogP contribution is -2.26. The monoisotopic (exact) mass is 221 g/mol. The van der Waals surface area contributed by atoms with Crippen molar-refractivity contribution in [1.82, 2.24) is 5.32 Å². The quantitative estimate of drug-likeness (QED) is 0.769. The first kappa shape index (κ1) is 12.3. The van der Waals surface area contributed by atoms with Crippen LogP contribution in [0.2, 0.25) is 0 Å². The number of hydrogen-bond donors (Lipinski definition) is 1. The minimum atomic E-state index is 0.381. The molecule has 0 saturated heterocycles. The molecule has 0 aliphatic carbocycles. The maximum Gasteiger partial charge on any atom is 0.0578 e. The Labute approximate surface area is 96.9 Å². The van der Waals surface area contributed by atoms with E-state index < -0.39 is 0 Å². The molecule has 82 valence electrons. The molecule has 0 amide bonds. The number of rotatable bonds is 4. The minimum absolute atomic E-state index is 0.381. The molecule has 1 heterocycles. The predicted octanol–water partition coefficient (Wildman–Crippen LogP) is 3.28. The molecule has 0 bridgehead atoms. The molecule has 1 nitrogen and oxygen atoms in total. The third kappa shape index (κ3) is 3.09. The van der Waals surface area contributed by atoms with Crippen LogP contribution in [0, 0.1) is 32.1 Å². The highest BCUT2D eigenvalue weighted by atomic mass is 32.1. The van der Waals surface area contributed by atoms with E-state index in [0.29, 0.717) is 18.5 Å². The Hall–Kier alpha value is -0.780. The fraction of sp³-hybridized carbons (Fsp3) is 0.538. The highest BCUT2D eigenvalue weighted by Gasteiger charge is 2.18. The van der Waals surface area contributed by atoms with E-state index in [4.69, 9.17) is 6.42 Å². The van der Waals surface area contributed by atoms with E-state index in [1.807, 2.05) is 11.3 Å². The Morgan fingerprint density at radius 3 is 2.53 bits per heavy atom. The molecular formula is C13H19NS. The van der Waals surface area contributed by atoms with Crippen molar-refractivity contribution in [3.63, 3.8) is 0 Å². The molecular weight excluding hydrogens is 202 g/mol. The van der Waals surface area contributed by atoms with E-state index in [2.05, 4.69) is 45.0 Å². The van der Waals surface area contributed by atoms with E-state index in [1.54, 1.807) is 0 Å². The van der Waals surface area contributed by atoms with Gasteiger partial charge in [0.2, 0.25) is 0 Å². The molecule has 0 saturated carbocycles. The van der Waals surface area contributed by atoms with Crippen molar-refractivity contribution < 1.29 is 0 Å². The maximum atomic E-state index is 5.29. The van der Waals surface area contributed by atoms with Crippen molar-refractivity contribution in [3.8, 4) is 12.3 Å². The number of nitrogens with one attached hydrogen (secondary N) is 1. The second-order valence-electron chi connectivity index (χ2n) is 4.18. The molecule has 0 unspecified atom stereocenters. The summed E-state index contributed by atoms with van der Waals surface area (Å²) in [7, 11) is 0. The van der Waals surface area contributed by atoms with Crippen LogP contribution in [0.1, 0.15) is 35.2 Å². The van der Waals surface area contributed by atoms with Gasteiger partial charge in [-0.2, -0.15) is 0 Å². The lowest BCUT2D eigenvalue weighted by molar-refractivity contribution is 0.431. The standard InChI is InChI=1S/C13H19NS/c1-6-7-14-13(9(2)3)12-8-10(4)15-11(12)5/h1,8-9,13-14H,7H2,2-5H3/t13-/m1/s1. The van der Waals surface area contributed by atoms with E-state index in [9.17, 15) is 0 Å². The minimum Gasteiger partial charge on any atom is -0.299 e. The van der Waals surface area contributed by atoms with E-state index in [-0.39, 0.29) is 0 Å². The summed E-state index contributed by atoms with van der Waals surface area (Å²) in [6.07, 6.45) is 5.29. The van der Waals surface area contributed by atoms with Crippen molar-refractivity contribution in [3.05, 3.63) is 21.4 Å². The molecule has 15 heavy (non-hydrogen) atoms. The van der Waals surface area contributed by atoms with Crippen LogP contribution in [0.15, 0.2) is 6.07 Å². The Morgan fingerprint density at radius 2 is 2.13 bits per heavy atom. The van der Waals surface area contributed by atoms with E-state index in [0.717, 1.165) is 0 Å². The summed E-state index contributed by atoms with van der Waals surface area (Å²) in [4.78, 5) is 2.77. The number of aryl methyl sites for hydroxylation is 2. The number of hydrogen-bond acceptors (Lipinski definition) is 2. The molecule has 1 aromatic heterocycles. The van der Waals surface area contributed by atoms with Crippen LogP contribution in [0.3, 0.4) is 0 Å². The fourth-order valence-electron chi connectivity index (χ4n) is 1.83. The molecule has 0 aliphatic rings. The second kappa shape index (κ2) is 5.34. The van der Waals surface area contributed by atoms with E-state index >= 15 is 0 Å². The Balaban J connectivity index is 2.89. The number of thiophene rings is 1. The highest BCUT2D eigenvalue weighted by Crippen LogP contribution is 2.30. The zero-order valence-corrected chi connectivity index (χ0v) is 10.7. The van der Waals surface area contributed by atoms with Gasteiger partial charge in [-0.25, -0.2) is 0 Å². The second-order valence-corrected chi connectivity index (χ2v) is 5.64. The van der Waals surface area contributed by atoms with Gasteiger partial charge in [0.05, 0.1) is 6.54 Å². The molecule has 0 fully saturated rings. The Bertz CT molecular complexity index is 357. The summed E-state index contributed by atoms with van der Waals surface area (Å²) in [6, 6.07) is 2.65. The van der Waals surface area contributed by atoms with Crippen LogP contribution in [0.25, 0.3) is 0 Å². The zero-order valence-electron chi connectivity index (χ0n) is 9.92. The topological polar surface area (TPSA) is 12.0 Å². The normalized spacial score (nSPS) is 12.8. The summed E-state index contributed by atoms with van der Waals surface area (Å²) in [5.41, 5.74) is 1.41. The molecule has 1 N–H and O–H groups in total. The molecule has 2 heteroatoms. The average Bonchev–Trinajstić information content (AvgIpc) is 2.46. The lowest BCUT2D eigenvalue weighted by Gasteiger charge is -2.21. The molecule has 0 aromatic carbocycles. The van der Waals surface area contributed by atoms with Crippen molar-refractivity contribution in [2.75, 3.05) is 6.54 Å². The van der Waals surface area contributed by atoms with Gasteiger partial charge in [-0.15, -0.1) is 17.8 Å². The van der Waals surface area contributed by atoms with Crippen LogP contribution < -0.4 is 5.32 Å². The first-order chi connectivity index (χ1) is 7.06. The Kier molecular flexibility index (Phi) is 4.38. The SMILES string of the molecule is C#CCN[C@@H](c1cc(C)sc1C)C(C)C. The van der Waals surface area contributed by atoms with Crippen molar-refractivity contribution >= 4 is 11.3 Å². The third-order valence-electron chi connectivity index (χ3n) is 2.51. The number of terminal acetylenes is 1. The third-order valence-corrected chi connectivity index (χ3v) is 3.49. The van der Waals surface area contributed by atoms with Crippen molar-refractivity contribution in [1.29, 1.82) is 0 Å². The van der Waals surface area contributed by atoms with Gasteiger partial charge in [-0.05, 0) is 31.4 Å². The van der Waals surface area contributed by atoms with Gasteiger partial charge < -0.3 is 0 Å². The maximum absolute atomic E-state index is 5.29. The van der Waals surface area contributed by atoms with Crippen LogP contribution >= 0.6 is 11.3 Å². The summed E-state index contributed by atoms with van der Waals surface area (Å²) >= 11 is 1.86. The molecule has 0 radical (unpaired) electrons. The van der Waals surface area contributed by atoms with Gasteiger partial charge >= 0.3 is 0 Å². The van der Waals surface area contributed by atoms with Gasteiger partial charge in [0, 0.05) is 15.8 Å². The molecule has 1 rings (SSSR count). The predicted molar refractivity (Wildman–Crippen MR) is 68.2 cm³/mol. The molecule has 1 atom stereocenters. The van der Waals surface area contributed by atoms with Gasteiger partial charge in [-0.3, -0.25) is 5.32 Å². The van der Waals surface area contributed by atoms with Gasteiger partial charge in [-0.1, -0.05) is 19.8 Å². The van der Waals surface area contributed by atoms with Crippen LogP contribution in [0.4, 0.5) is 0 Å². The molecule has 0 spiro atoms. The van der Waals surface area contributed by atoms with Crippen LogP contribution in [0.5, 0.6) is 0 Å². The lowest BCUT2D eigenvalue weighted by atomic mass is 9.96. The van der Waals surface area contributed by atoms with Gasteiger partial charge in [0.15, 0.2) is 0 Å². The fourth-order valence-corrected chi connectivity index (χ4v) is 2.81. The van der Waals surface area contributed by atoms with Gasteiger partial charge in [0.1, 0.15) is 0 Å². The van der Waals surface area contributed by atoms with Crippen LogP contribution in [-0.2, 0) is 0 Å². The van der Waals surface area contributed by atoms with Crippen molar-refractivity contribution in [2.45, 2.75) is 33.7 Å². The van der Waals surface area contributed by atoms with E-state index in [1.165, 1.54) is 15.3 Å². The summed E-state index contributed by atoms with van der Waals surface area (Å²) in [6.45, 7) is 9.41. The van der Waals surface area contributed by atoms with Crippen molar-refractivity contribution in [2.24, 2.45) is 5.92 Å². The van der Waals surface area contributed by atoms with Crippen LogP contribution in [-0.4, -0.2) is 6.54 Å². The summed E-state index contributed by atoms with van der Waals surface area (Å²) in [5.74, 6) is 3.20. The Morgan fingerprint density at radius 1 is 1.47 bits per heavy atom. The first-order valence-corrected chi connectivity index (χ1v) is 6.11.